The Morgan fingerprint density at radius 1 is 1.16 bits per heavy atom. The van der Waals surface area contributed by atoms with Gasteiger partial charge in [-0.2, -0.15) is 0 Å². The number of aryl methyl sites for hydroxylation is 2. The molecule has 0 saturated carbocycles. The van der Waals surface area contributed by atoms with Gasteiger partial charge in [0.05, 0.1) is 22.4 Å². The summed E-state index contributed by atoms with van der Waals surface area (Å²) in [4.78, 5) is 15.5. The number of nitro groups is 1. The maximum atomic E-state index is 14.7. The average molecular weight is 432 g/mol. The van der Waals surface area contributed by atoms with Crippen molar-refractivity contribution in [2.24, 2.45) is 0 Å². The lowest BCUT2D eigenvalue weighted by atomic mass is 10.0. The summed E-state index contributed by atoms with van der Waals surface area (Å²) in [5.74, 6) is -0.503. The molecular weight excluding hydrogens is 411 g/mol. The topological polar surface area (TPSA) is 98.8 Å². The Kier molecular flexibility index (Phi) is 5.89. The molecule has 8 nitrogen and oxygen atoms in total. The Morgan fingerprint density at radius 3 is 2.62 bits per heavy atom. The predicted octanol–water partition coefficient (Wildman–Crippen LogP) is 4.92. The van der Waals surface area contributed by atoms with Crippen LogP contribution in [0.15, 0.2) is 66.9 Å². The number of aromatic nitrogens is 4. The van der Waals surface area contributed by atoms with Crippen LogP contribution in [0, 0.1) is 22.9 Å². The predicted molar refractivity (Wildman–Crippen MR) is 119 cm³/mol. The fraction of sp³-hybridized carbons (Fsp3) is 0.174. The highest BCUT2D eigenvalue weighted by atomic mass is 19.1. The number of nitrogens with one attached hydrogen (secondary N) is 1. The lowest BCUT2D eigenvalue weighted by Gasteiger charge is -2.21. The summed E-state index contributed by atoms with van der Waals surface area (Å²) in [7, 11) is 0. The lowest BCUT2D eigenvalue weighted by molar-refractivity contribution is -0.384. The SMILES string of the molecule is CCn1nnc(C)c1-c1ccc([N+](=O)[O-])c(NC(c2ccccc2)c2ncccc2F)c1. The van der Waals surface area contributed by atoms with Crippen LogP contribution in [-0.4, -0.2) is 24.9 Å². The van der Waals surface area contributed by atoms with Crippen molar-refractivity contribution in [2.45, 2.75) is 26.4 Å². The van der Waals surface area contributed by atoms with Gasteiger partial charge in [0.25, 0.3) is 5.69 Å². The third kappa shape index (κ3) is 4.04. The second kappa shape index (κ2) is 8.93. The van der Waals surface area contributed by atoms with Crippen molar-refractivity contribution in [3.63, 3.8) is 0 Å². The quantitative estimate of drug-likeness (QED) is 0.329. The fourth-order valence-electron chi connectivity index (χ4n) is 3.66. The summed E-state index contributed by atoms with van der Waals surface area (Å²) in [6, 6.07) is 16.0. The first-order chi connectivity index (χ1) is 15.5. The van der Waals surface area contributed by atoms with Gasteiger partial charge in [0.1, 0.15) is 17.2 Å². The van der Waals surface area contributed by atoms with Crippen molar-refractivity contribution in [3.05, 3.63) is 99.7 Å². The number of hydrogen-bond acceptors (Lipinski definition) is 6. The number of pyridine rings is 1. The van der Waals surface area contributed by atoms with Gasteiger partial charge in [-0.1, -0.05) is 35.5 Å². The van der Waals surface area contributed by atoms with Gasteiger partial charge < -0.3 is 5.32 Å². The Bertz CT molecular complexity index is 1260. The largest absolute Gasteiger partial charge is 0.367 e. The van der Waals surface area contributed by atoms with Crippen molar-refractivity contribution in [3.8, 4) is 11.3 Å². The first-order valence-electron chi connectivity index (χ1n) is 10.1. The molecule has 2 aromatic carbocycles. The highest BCUT2D eigenvalue weighted by molar-refractivity contribution is 5.74. The number of nitro benzene ring substituents is 1. The maximum Gasteiger partial charge on any atom is 0.292 e. The van der Waals surface area contributed by atoms with Crippen LogP contribution in [-0.2, 0) is 6.54 Å². The molecule has 0 aliphatic carbocycles. The molecule has 162 valence electrons. The smallest absolute Gasteiger partial charge is 0.292 e. The number of nitrogens with zero attached hydrogens (tertiary/aromatic N) is 5. The van der Waals surface area contributed by atoms with E-state index in [0.29, 0.717) is 12.2 Å². The summed E-state index contributed by atoms with van der Waals surface area (Å²) in [5.41, 5.74) is 3.19. The average Bonchev–Trinajstić information content (AvgIpc) is 3.19. The van der Waals surface area contributed by atoms with E-state index in [1.165, 1.54) is 24.4 Å². The molecule has 1 unspecified atom stereocenters. The first-order valence-corrected chi connectivity index (χ1v) is 10.1. The van der Waals surface area contributed by atoms with E-state index >= 15 is 0 Å². The van der Waals surface area contributed by atoms with Crippen LogP contribution in [0.5, 0.6) is 0 Å². The third-order valence-electron chi connectivity index (χ3n) is 5.16. The number of hydrogen-bond donors (Lipinski definition) is 1. The van der Waals surface area contributed by atoms with Crippen LogP contribution in [0.2, 0.25) is 0 Å². The van der Waals surface area contributed by atoms with Gasteiger partial charge in [-0.3, -0.25) is 15.1 Å². The normalized spacial score (nSPS) is 11.8. The molecule has 0 aliphatic rings. The number of halogens is 1. The van der Waals surface area contributed by atoms with E-state index in [9.17, 15) is 14.5 Å². The molecule has 32 heavy (non-hydrogen) atoms. The molecule has 9 heteroatoms. The van der Waals surface area contributed by atoms with Gasteiger partial charge in [0, 0.05) is 24.4 Å². The van der Waals surface area contributed by atoms with E-state index in [4.69, 9.17) is 0 Å². The summed E-state index contributed by atoms with van der Waals surface area (Å²) in [6.07, 6.45) is 1.50. The lowest BCUT2D eigenvalue weighted by Crippen LogP contribution is -2.16. The highest BCUT2D eigenvalue weighted by Gasteiger charge is 2.24. The molecule has 4 aromatic rings. The van der Waals surface area contributed by atoms with Crippen molar-refractivity contribution in [2.75, 3.05) is 5.32 Å². The highest BCUT2D eigenvalue weighted by Crippen LogP contribution is 2.35. The van der Waals surface area contributed by atoms with E-state index in [0.717, 1.165) is 16.8 Å². The second-order valence-corrected chi connectivity index (χ2v) is 7.19. The monoisotopic (exact) mass is 432 g/mol. The molecule has 0 spiro atoms. The Labute approximate surface area is 183 Å². The minimum absolute atomic E-state index is 0.126. The summed E-state index contributed by atoms with van der Waals surface area (Å²) in [5, 5.41) is 23.2. The zero-order valence-electron chi connectivity index (χ0n) is 17.6. The van der Waals surface area contributed by atoms with Crippen LogP contribution in [0.4, 0.5) is 15.8 Å². The zero-order valence-corrected chi connectivity index (χ0v) is 17.6. The van der Waals surface area contributed by atoms with Crippen LogP contribution in [0.25, 0.3) is 11.3 Å². The molecule has 0 fully saturated rings. The molecular formula is C23H21FN6O2. The van der Waals surface area contributed by atoms with Gasteiger partial charge in [-0.15, -0.1) is 5.10 Å². The van der Waals surface area contributed by atoms with E-state index in [1.807, 2.05) is 44.2 Å². The minimum atomic E-state index is -0.735. The molecule has 0 bridgehead atoms. The van der Waals surface area contributed by atoms with Crippen LogP contribution >= 0.6 is 0 Å². The number of anilines is 1. The maximum absolute atomic E-state index is 14.7. The van der Waals surface area contributed by atoms with Gasteiger partial charge in [-0.05, 0) is 43.7 Å². The van der Waals surface area contributed by atoms with Gasteiger partial charge in [0.15, 0.2) is 0 Å². The molecule has 4 rings (SSSR count). The summed E-state index contributed by atoms with van der Waals surface area (Å²) >= 11 is 0. The molecule has 0 amide bonds. The van der Waals surface area contributed by atoms with Crippen molar-refractivity contribution in [1.82, 2.24) is 20.0 Å². The van der Waals surface area contributed by atoms with Crippen LogP contribution < -0.4 is 5.32 Å². The Balaban J connectivity index is 1.85. The van der Waals surface area contributed by atoms with Crippen LogP contribution in [0.1, 0.15) is 29.9 Å². The second-order valence-electron chi connectivity index (χ2n) is 7.19. The van der Waals surface area contributed by atoms with E-state index in [1.54, 1.807) is 16.8 Å². The Morgan fingerprint density at radius 2 is 1.94 bits per heavy atom. The van der Waals surface area contributed by atoms with E-state index < -0.39 is 16.8 Å². The molecule has 1 N–H and O–H groups in total. The van der Waals surface area contributed by atoms with Crippen LogP contribution in [0.3, 0.4) is 0 Å². The fourth-order valence-corrected chi connectivity index (χ4v) is 3.66. The molecule has 2 aromatic heterocycles. The molecule has 2 heterocycles. The van der Waals surface area contributed by atoms with Gasteiger partial charge in [-0.25, -0.2) is 9.07 Å². The first kappa shape index (κ1) is 21.1. The molecule has 0 aliphatic heterocycles. The Hall–Kier alpha value is -4.14. The van der Waals surface area contributed by atoms with Crippen molar-refractivity contribution in [1.29, 1.82) is 0 Å². The summed E-state index contributed by atoms with van der Waals surface area (Å²) < 4.78 is 16.4. The van der Waals surface area contributed by atoms with Crippen molar-refractivity contribution >= 4 is 11.4 Å². The van der Waals surface area contributed by atoms with E-state index in [-0.39, 0.29) is 17.1 Å². The zero-order chi connectivity index (χ0) is 22.7. The van der Waals surface area contributed by atoms with Gasteiger partial charge in [0.2, 0.25) is 0 Å². The standard InChI is InChI=1S/C23H21FN6O2/c1-3-29-23(15(2)27-28-29)17-11-12-20(30(31)32)19(14-17)26-21(16-8-5-4-6-9-16)22-18(24)10-7-13-25-22/h4-14,21,26H,3H2,1-2H3. The number of benzene rings is 2. The number of rotatable bonds is 7. The van der Waals surface area contributed by atoms with E-state index in [2.05, 4.69) is 20.6 Å². The molecule has 1 atom stereocenters. The van der Waals surface area contributed by atoms with Crippen molar-refractivity contribution < 1.29 is 9.31 Å². The van der Waals surface area contributed by atoms with Gasteiger partial charge >= 0.3 is 0 Å². The summed E-state index contributed by atoms with van der Waals surface area (Å²) in [6.45, 7) is 4.37. The third-order valence-corrected chi connectivity index (χ3v) is 5.16. The molecule has 0 radical (unpaired) electrons. The minimum Gasteiger partial charge on any atom is -0.367 e. The molecule has 0 saturated heterocycles.